The highest BCUT2D eigenvalue weighted by molar-refractivity contribution is 6.64. The molecule has 0 heterocycles. The molecule has 1 atom stereocenters. The van der Waals surface area contributed by atoms with Crippen LogP contribution in [0, 0.1) is 0 Å². The van der Waals surface area contributed by atoms with E-state index < -0.39 is 8.56 Å². The second-order valence-corrected chi connectivity index (χ2v) is 12.6. The van der Waals surface area contributed by atoms with Gasteiger partial charge in [-0.25, -0.2) is 0 Å². The molecule has 0 saturated heterocycles. The van der Waals surface area contributed by atoms with Crippen molar-refractivity contribution < 1.29 is 8.85 Å². The van der Waals surface area contributed by atoms with Crippen LogP contribution >= 0.6 is 0 Å². The van der Waals surface area contributed by atoms with Crippen LogP contribution in [-0.4, -0.2) is 21.3 Å². The van der Waals surface area contributed by atoms with Crippen LogP contribution in [-0.2, 0) is 8.85 Å². The maximum atomic E-state index is 6.18. The van der Waals surface area contributed by atoms with Crippen LogP contribution in [0.1, 0.15) is 136 Å². The molecule has 0 saturated carbocycles. The SMILES string of the molecule is CCCCCCCCCCCCCCCCCO[Si](C)(C)OC(C)CCCC. The van der Waals surface area contributed by atoms with E-state index in [2.05, 4.69) is 33.9 Å². The second-order valence-electron chi connectivity index (χ2n) is 9.27. The number of rotatable bonds is 22. The van der Waals surface area contributed by atoms with Gasteiger partial charge >= 0.3 is 8.56 Å². The third kappa shape index (κ3) is 20.9. The highest BCUT2D eigenvalue weighted by atomic mass is 28.4. The Morgan fingerprint density at radius 1 is 0.571 bits per heavy atom. The first-order chi connectivity index (χ1) is 13.5. The molecule has 28 heavy (non-hydrogen) atoms. The molecule has 0 aromatic rings. The van der Waals surface area contributed by atoms with Crippen molar-refractivity contribution in [1.29, 1.82) is 0 Å². The van der Waals surface area contributed by atoms with Crippen LogP contribution < -0.4 is 0 Å². The molecule has 0 amide bonds. The largest absolute Gasteiger partial charge is 0.395 e. The highest BCUT2D eigenvalue weighted by Gasteiger charge is 2.26. The minimum absolute atomic E-state index is 0.350. The summed E-state index contributed by atoms with van der Waals surface area (Å²) in [5, 5.41) is 0. The second kappa shape index (κ2) is 20.4. The van der Waals surface area contributed by atoms with Gasteiger partial charge in [0.25, 0.3) is 0 Å². The molecule has 0 spiro atoms. The Bertz CT molecular complexity index is 307. The van der Waals surface area contributed by atoms with Gasteiger partial charge in [0.15, 0.2) is 0 Å². The van der Waals surface area contributed by atoms with E-state index in [4.69, 9.17) is 8.85 Å². The van der Waals surface area contributed by atoms with Gasteiger partial charge in [-0.3, -0.25) is 0 Å². The lowest BCUT2D eigenvalue weighted by molar-refractivity contribution is 0.122. The van der Waals surface area contributed by atoms with Gasteiger partial charge in [-0.15, -0.1) is 0 Å². The third-order valence-electron chi connectivity index (χ3n) is 5.65. The van der Waals surface area contributed by atoms with E-state index in [9.17, 15) is 0 Å². The zero-order valence-electron chi connectivity index (χ0n) is 20.3. The molecule has 3 heteroatoms. The summed E-state index contributed by atoms with van der Waals surface area (Å²) in [6.07, 6.45) is 25.2. The van der Waals surface area contributed by atoms with E-state index in [1.807, 2.05) is 0 Å². The Morgan fingerprint density at radius 3 is 1.39 bits per heavy atom. The number of unbranched alkanes of at least 4 members (excludes halogenated alkanes) is 15. The standard InChI is InChI=1S/C25H54O2Si/c1-6-8-10-11-12-13-14-15-16-17-18-19-20-21-22-24-26-28(4,5)27-25(3)23-9-7-2/h25H,6-24H2,1-5H3. The summed E-state index contributed by atoms with van der Waals surface area (Å²) in [6, 6.07) is 0. The van der Waals surface area contributed by atoms with Gasteiger partial charge in [0.1, 0.15) is 0 Å². The first-order valence-electron chi connectivity index (χ1n) is 12.8. The monoisotopic (exact) mass is 414 g/mol. The lowest BCUT2D eigenvalue weighted by Crippen LogP contribution is -2.38. The first-order valence-corrected chi connectivity index (χ1v) is 15.6. The fourth-order valence-corrected chi connectivity index (χ4v) is 5.65. The van der Waals surface area contributed by atoms with Crippen LogP contribution in [0.4, 0.5) is 0 Å². The van der Waals surface area contributed by atoms with Crippen molar-refractivity contribution in [1.82, 2.24) is 0 Å². The maximum absolute atomic E-state index is 6.18. The summed E-state index contributed by atoms with van der Waals surface area (Å²) in [4.78, 5) is 0. The van der Waals surface area contributed by atoms with Gasteiger partial charge < -0.3 is 8.85 Å². The molecule has 2 nitrogen and oxygen atoms in total. The van der Waals surface area contributed by atoms with E-state index in [1.165, 1.54) is 109 Å². The van der Waals surface area contributed by atoms with Crippen molar-refractivity contribution in [3.8, 4) is 0 Å². The molecule has 1 unspecified atom stereocenters. The molecular formula is C25H54O2Si. The first kappa shape index (κ1) is 28.1. The smallest absolute Gasteiger partial charge is 0.331 e. The fourth-order valence-electron chi connectivity index (χ4n) is 3.86. The Kier molecular flexibility index (Phi) is 20.5. The number of hydrogen-bond acceptors (Lipinski definition) is 2. The van der Waals surface area contributed by atoms with Crippen molar-refractivity contribution in [3.63, 3.8) is 0 Å². The minimum Gasteiger partial charge on any atom is -0.395 e. The predicted molar refractivity (Wildman–Crippen MR) is 128 cm³/mol. The Balaban J connectivity index is 3.30. The zero-order chi connectivity index (χ0) is 20.9. The van der Waals surface area contributed by atoms with Gasteiger partial charge in [-0.2, -0.15) is 0 Å². The van der Waals surface area contributed by atoms with Crippen LogP contribution in [0.3, 0.4) is 0 Å². The van der Waals surface area contributed by atoms with Crippen LogP contribution in [0.25, 0.3) is 0 Å². The van der Waals surface area contributed by atoms with E-state index in [0.29, 0.717) is 6.10 Å². The Hall–Kier alpha value is 0.137. The van der Waals surface area contributed by atoms with Gasteiger partial charge in [-0.1, -0.05) is 117 Å². The van der Waals surface area contributed by atoms with E-state index >= 15 is 0 Å². The molecule has 0 radical (unpaired) electrons. The third-order valence-corrected chi connectivity index (χ3v) is 7.52. The molecule has 0 aliphatic rings. The van der Waals surface area contributed by atoms with E-state index in [1.54, 1.807) is 0 Å². The molecule has 0 fully saturated rings. The molecular weight excluding hydrogens is 360 g/mol. The number of hydrogen-bond donors (Lipinski definition) is 0. The molecule has 0 aliphatic heterocycles. The van der Waals surface area contributed by atoms with Crippen molar-refractivity contribution in [2.75, 3.05) is 6.61 Å². The highest BCUT2D eigenvalue weighted by Crippen LogP contribution is 2.16. The van der Waals surface area contributed by atoms with E-state index in [-0.39, 0.29) is 0 Å². The normalized spacial score (nSPS) is 13.2. The lowest BCUT2D eigenvalue weighted by atomic mass is 10.0. The summed E-state index contributed by atoms with van der Waals surface area (Å²) < 4.78 is 12.3. The molecule has 0 aromatic heterocycles. The van der Waals surface area contributed by atoms with Crippen LogP contribution in [0.5, 0.6) is 0 Å². The van der Waals surface area contributed by atoms with Crippen molar-refractivity contribution in [2.45, 2.75) is 156 Å². The Morgan fingerprint density at radius 2 is 0.964 bits per heavy atom. The molecule has 0 N–H and O–H groups in total. The minimum atomic E-state index is -1.92. The lowest BCUT2D eigenvalue weighted by Gasteiger charge is -2.27. The van der Waals surface area contributed by atoms with Crippen molar-refractivity contribution in [3.05, 3.63) is 0 Å². The van der Waals surface area contributed by atoms with Gasteiger partial charge in [0.05, 0.1) is 0 Å². The zero-order valence-corrected chi connectivity index (χ0v) is 21.3. The summed E-state index contributed by atoms with van der Waals surface area (Å²) >= 11 is 0. The summed E-state index contributed by atoms with van der Waals surface area (Å²) in [7, 11) is -1.92. The average Bonchev–Trinajstić information content (AvgIpc) is 2.65. The molecule has 0 aliphatic carbocycles. The summed E-state index contributed by atoms with van der Waals surface area (Å²) in [6.45, 7) is 12.0. The van der Waals surface area contributed by atoms with Gasteiger partial charge in [-0.05, 0) is 32.9 Å². The molecule has 0 bridgehead atoms. The van der Waals surface area contributed by atoms with Crippen molar-refractivity contribution >= 4 is 8.56 Å². The van der Waals surface area contributed by atoms with Crippen LogP contribution in [0.2, 0.25) is 13.1 Å². The van der Waals surface area contributed by atoms with E-state index in [0.717, 1.165) is 13.0 Å². The van der Waals surface area contributed by atoms with Gasteiger partial charge in [0, 0.05) is 12.7 Å². The summed E-state index contributed by atoms with van der Waals surface area (Å²) in [5.41, 5.74) is 0. The van der Waals surface area contributed by atoms with Crippen LogP contribution in [0.15, 0.2) is 0 Å². The molecule has 0 aromatic carbocycles. The summed E-state index contributed by atoms with van der Waals surface area (Å²) in [5.74, 6) is 0. The quantitative estimate of drug-likeness (QED) is 0.130. The van der Waals surface area contributed by atoms with Crippen molar-refractivity contribution in [2.24, 2.45) is 0 Å². The predicted octanol–water partition coefficient (Wildman–Crippen LogP) is 9.17. The molecule has 170 valence electrons. The maximum Gasteiger partial charge on any atom is 0.331 e. The van der Waals surface area contributed by atoms with Gasteiger partial charge in [0.2, 0.25) is 0 Å². The molecule has 0 rings (SSSR count). The fraction of sp³-hybridized carbons (Fsp3) is 1.00. The average molecular weight is 415 g/mol. The Labute approximate surface area is 179 Å². The topological polar surface area (TPSA) is 18.5 Å².